The predicted octanol–water partition coefficient (Wildman–Crippen LogP) is 3.68. The van der Waals surface area contributed by atoms with Crippen LogP contribution in [0.5, 0.6) is 0 Å². The quantitative estimate of drug-likeness (QED) is 0.815. The molecule has 17 heavy (non-hydrogen) atoms. The Kier molecular flexibility index (Phi) is 4.04. The van der Waals surface area contributed by atoms with Crippen molar-refractivity contribution in [3.63, 3.8) is 0 Å². The highest BCUT2D eigenvalue weighted by atomic mass is 35.5. The second-order valence-electron chi connectivity index (χ2n) is 4.09. The van der Waals surface area contributed by atoms with E-state index >= 15 is 0 Å². The number of hydrogen-bond acceptors (Lipinski definition) is 1. The Balaban J connectivity index is 0.00000144. The number of rotatable bonds is 2. The van der Waals surface area contributed by atoms with Crippen molar-refractivity contribution >= 4 is 12.4 Å². The molecular formula is C11H12ClF4N. The van der Waals surface area contributed by atoms with Gasteiger partial charge in [-0.25, -0.2) is 4.39 Å². The van der Waals surface area contributed by atoms with Crippen molar-refractivity contribution in [2.45, 2.75) is 25.1 Å². The van der Waals surface area contributed by atoms with Gasteiger partial charge in [-0.2, -0.15) is 13.2 Å². The SMILES string of the molecule is Cl.N[C@@H](c1ccc(F)cc1C(F)(F)F)C1CC1. The molecule has 1 aromatic carbocycles. The van der Waals surface area contributed by atoms with Crippen molar-refractivity contribution in [1.29, 1.82) is 0 Å². The minimum atomic E-state index is -4.55. The largest absolute Gasteiger partial charge is 0.416 e. The van der Waals surface area contributed by atoms with E-state index in [1.807, 2.05) is 0 Å². The molecule has 1 nitrogen and oxygen atoms in total. The molecule has 0 saturated heterocycles. The molecule has 1 aliphatic carbocycles. The van der Waals surface area contributed by atoms with Crippen LogP contribution in [0.2, 0.25) is 0 Å². The van der Waals surface area contributed by atoms with Crippen LogP contribution in [0.15, 0.2) is 18.2 Å². The van der Waals surface area contributed by atoms with Crippen LogP contribution in [-0.2, 0) is 6.18 Å². The third kappa shape index (κ3) is 3.10. The summed E-state index contributed by atoms with van der Waals surface area (Å²) in [5.41, 5.74) is 4.77. The average Bonchev–Trinajstić information content (AvgIpc) is 2.98. The van der Waals surface area contributed by atoms with Gasteiger partial charge in [-0.3, -0.25) is 0 Å². The molecule has 0 radical (unpaired) electrons. The lowest BCUT2D eigenvalue weighted by Gasteiger charge is -2.17. The van der Waals surface area contributed by atoms with Crippen molar-refractivity contribution in [1.82, 2.24) is 0 Å². The fourth-order valence-corrected chi connectivity index (χ4v) is 1.77. The third-order valence-corrected chi connectivity index (χ3v) is 2.81. The van der Waals surface area contributed by atoms with Crippen LogP contribution in [0.25, 0.3) is 0 Å². The highest BCUT2D eigenvalue weighted by Gasteiger charge is 2.38. The molecule has 0 amide bonds. The Morgan fingerprint density at radius 1 is 1.24 bits per heavy atom. The van der Waals surface area contributed by atoms with Gasteiger partial charge in [0.05, 0.1) is 5.56 Å². The van der Waals surface area contributed by atoms with Gasteiger partial charge in [0.2, 0.25) is 0 Å². The zero-order chi connectivity index (χ0) is 11.9. The Morgan fingerprint density at radius 3 is 2.29 bits per heavy atom. The van der Waals surface area contributed by atoms with E-state index in [9.17, 15) is 17.6 Å². The molecule has 2 rings (SSSR count). The molecule has 1 saturated carbocycles. The molecular weight excluding hydrogens is 258 g/mol. The van der Waals surface area contributed by atoms with Crippen LogP contribution in [-0.4, -0.2) is 0 Å². The maximum absolute atomic E-state index is 12.8. The van der Waals surface area contributed by atoms with Gasteiger partial charge < -0.3 is 5.73 Å². The molecule has 0 bridgehead atoms. The Hall–Kier alpha value is -0.810. The van der Waals surface area contributed by atoms with Gasteiger partial charge in [0.25, 0.3) is 0 Å². The van der Waals surface area contributed by atoms with Crippen molar-refractivity contribution in [3.05, 3.63) is 35.1 Å². The van der Waals surface area contributed by atoms with E-state index in [4.69, 9.17) is 5.73 Å². The number of nitrogens with two attached hydrogens (primary N) is 1. The summed E-state index contributed by atoms with van der Waals surface area (Å²) in [7, 11) is 0. The molecule has 6 heteroatoms. The van der Waals surface area contributed by atoms with Gasteiger partial charge in [0.15, 0.2) is 0 Å². The molecule has 0 spiro atoms. The molecule has 1 atom stereocenters. The summed E-state index contributed by atoms with van der Waals surface area (Å²) in [6.45, 7) is 0. The molecule has 1 fully saturated rings. The lowest BCUT2D eigenvalue weighted by molar-refractivity contribution is -0.138. The number of alkyl halides is 3. The molecule has 2 N–H and O–H groups in total. The molecule has 1 aliphatic rings. The van der Waals surface area contributed by atoms with E-state index in [0.717, 1.165) is 25.0 Å². The maximum atomic E-state index is 12.8. The first-order chi connectivity index (χ1) is 7.39. The minimum Gasteiger partial charge on any atom is -0.324 e. The highest BCUT2D eigenvalue weighted by molar-refractivity contribution is 5.85. The maximum Gasteiger partial charge on any atom is 0.416 e. The molecule has 0 aromatic heterocycles. The summed E-state index contributed by atoms with van der Waals surface area (Å²) in [4.78, 5) is 0. The van der Waals surface area contributed by atoms with Crippen LogP contribution in [0.4, 0.5) is 17.6 Å². The van der Waals surface area contributed by atoms with Crippen LogP contribution < -0.4 is 5.73 Å². The summed E-state index contributed by atoms with van der Waals surface area (Å²) in [6, 6.07) is 2.03. The molecule has 0 aliphatic heterocycles. The fourth-order valence-electron chi connectivity index (χ4n) is 1.77. The van der Waals surface area contributed by atoms with Crippen molar-refractivity contribution < 1.29 is 17.6 Å². The van der Waals surface area contributed by atoms with Crippen LogP contribution in [0, 0.1) is 11.7 Å². The average molecular weight is 270 g/mol. The normalized spacial score (nSPS) is 17.5. The topological polar surface area (TPSA) is 26.0 Å². The number of hydrogen-bond donors (Lipinski definition) is 1. The van der Waals surface area contributed by atoms with Crippen LogP contribution in [0.1, 0.15) is 30.0 Å². The summed E-state index contributed by atoms with van der Waals surface area (Å²) in [6.07, 6.45) is -2.87. The molecule has 0 heterocycles. The Bertz CT molecular complexity index is 401. The molecule has 1 aromatic rings. The zero-order valence-corrected chi connectivity index (χ0v) is 9.61. The van der Waals surface area contributed by atoms with Crippen molar-refractivity contribution in [3.8, 4) is 0 Å². The number of benzene rings is 1. The predicted molar refractivity (Wildman–Crippen MR) is 58.3 cm³/mol. The highest BCUT2D eigenvalue weighted by Crippen LogP contribution is 2.43. The smallest absolute Gasteiger partial charge is 0.324 e. The lowest BCUT2D eigenvalue weighted by atomic mass is 9.97. The monoisotopic (exact) mass is 269 g/mol. The first-order valence-corrected chi connectivity index (χ1v) is 5.02. The zero-order valence-electron chi connectivity index (χ0n) is 8.80. The van der Waals surface area contributed by atoms with Gasteiger partial charge in [-0.1, -0.05) is 6.07 Å². The van der Waals surface area contributed by atoms with E-state index in [1.54, 1.807) is 0 Å². The van der Waals surface area contributed by atoms with Gasteiger partial charge in [-0.15, -0.1) is 12.4 Å². The van der Waals surface area contributed by atoms with Crippen molar-refractivity contribution in [2.24, 2.45) is 11.7 Å². The number of halogens is 5. The van der Waals surface area contributed by atoms with Crippen LogP contribution >= 0.6 is 12.4 Å². The summed E-state index contributed by atoms with van der Waals surface area (Å²) < 4.78 is 50.8. The van der Waals surface area contributed by atoms with E-state index < -0.39 is 23.6 Å². The van der Waals surface area contributed by atoms with Gasteiger partial charge in [-0.05, 0) is 36.5 Å². The second kappa shape index (κ2) is 4.82. The molecule has 96 valence electrons. The fraction of sp³-hybridized carbons (Fsp3) is 0.455. The summed E-state index contributed by atoms with van der Waals surface area (Å²) in [5.74, 6) is -0.786. The molecule has 0 unspecified atom stereocenters. The van der Waals surface area contributed by atoms with Gasteiger partial charge in [0, 0.05) is 6.04 Å². The third-order valence-electron chi connectivity index (χ3n) is 2.81. The van der Waals surface area contributed by atoms with Crippen LogP contribution in [0.3, 0.4) is 0 Å². The Morgan fingerprint density at radius 2 is 1.82 bits per heavy atom. The van der Waals surface area contributed by atoms with Gasteiger partial charge >= 0.3 is 6.18 Å². The first-order valence-electron chi connectivity index (χ1n) is 5.02. The summed E-state index contributed by atoms with van der Waals surface area (Å²) in [5, 5.41) is 0. The standard InChI is InChI=1S/C11H11F4N.ClH/c12-7-3-4-8(10(16)6-1-2-6)9(5-7)11(13,14)15;/h3-6,10H,1-2,16H2;1H/t10-;/m1./s1. The Labute approximate surface area is 102 Å². The van der Waals surface area contributed by atoms with E-state index in [1.165, 1.54) is 0 Å². The minimum absolute atomic E-state index is 0. The van der Waals surface area contributed by atoms with E-state index in [0.29, 0.717) is 6.07 Å². The van der Waals surface area contributed by atoms with Crippen molar-refractivity contribution in [2.75, 3.05) is 0 Å². The van der Waals surface area contributed by atoms with Gasteiger partial charge in [0.1, 0.15) is 5.82 Å². The first kappa shape index (κ1) is 14.3. The van der Waals surface area contributed by atoms with E-state index in [-0.39, 0.29) is 23.9 Å². The second-order valence-corrected chi connectivity index (χ2v) is 4.09. The van der Waals surface area contributed by atoms with E-state index in [2.05, 4.69) is 0 Å². The lowest BCUT2D eigenvalue weighted by Crippen LogP contribution is -2.19. The summed E-state index contributed by atoms with van der Waals surface area (Å²) >= 11 is 0.